The molecule has 0 N–H and O–H groups in total. The maximum absolute atomic E-state index is 12.8. The van der Waals surface area contributed by atoms with E-state index in [1.807, 2.05) is 0 Å². The predicted molar refractivity (Wildman–Crippen MR) is 76.1 cm³/mol. The van der Waals surface area contributed by atoms with Gasteiger partial charge in [-0.1, -0.05) is 12.1 Å². The van der Waals surface area contributed by atoms with Crippen molar-refractivity contribution in [3.8, 4) is 5.88 Å². The Morgan fingerprint density at radius 2 is 1.48 bits per heavy atom. The highest BCUT2D eigenvalue weighted by Crippen LogP contribution is 2.36. The fraction of sp³-hybridized carbons (Fsp3) is 0.200. The van der Waals surface area contributed by atoms with Crippen LogP contribution < -0.4 is 8.61 Å². The molecule has 0 amide bonds. The van der Waals surface area contributed by atoms with Crippen LogP contribution >= 0.6 is 0 Å². The highest BCUT2D eigenvalue weighted by Gasteiger charge is 2.52. The summed E-state index contributed by atoms with van der Waals surface area (Å²) in [5, 5.41) is -0.229. The van der Waals surface area contributed by atoms with Crippen molar-refractivity contribution >= 4 is 51.8 Å². The van der Waals surface area contributed by atoms with E-state index in [9.17, 15) is 43.2 Å². The standard InChI is InChI=1S/C10H4F6NO5S2.Al.2H/c11-9(12,13)23(18,19)17-7-4-2-1-3-6(7)5-8(17)22-24(20,21)10(14,15)16;;;/h2-5H;;;. The number of aromatic nitrogens is 1. The first kappa shape index (κ1) is 19.9. The zero-order chi connectivity index (χ0) is 19.4. The van der Waals surface area contributed by atoms with Gasteiger partial charge in [0.15, 0.2) is 0 Å². The number of alkyl halides is 6. The molecule has 0 spiro atoms. The molecule has 1 heterocycles. The van der Waals surface area contributed by atoms with Crippen LogP contribution in [0.15, 0.2) is 24.3 Å². The van der Waals surface area contributed by atoms with Crippen molar-refractivity contribution in [3.63, 3.8) is 0 Å². The Balaban J connectivity index is 2.84. The van der Waals surface area contributed by atoms with Gasteiger partial charge in [0.2, 0.25) is 5.88 Å². The number of benzene rings is 1. The minimum atomic E-state index is -6.38. The van der Waals surface area contributed by atoms with E-state index in [1.54, 1.807) is 0 Å². The smallest absolute Gasteiger partial charge is 0.356 e. The fourth-order valence-electron chi connectivity index (χ4n) is 1.85. The second kappa shape index (κ2) is 5.80. The Hall–Kier alpha value is -1.43. The summed E-state index contributed by atoms with van der Waals surface area (Å²) in [6.45, 7) is 0. The van der Waals surface area contributed by atoms with Gasteiger partial charge in [0, 0.05) is 11.5 Å². The number of fused-ring (bicyclic) bond motifs is 1. The first-order valence-corrected chi connectivity index (χ1v) is 9.87. The van der Waals surface area contributed by atoms with E-state index in [0.29, 0.717) is 26.8 Å². The Labute approximate surface area is 144 Å². The molecule has 0 atom stereocenters. The third-order valence-electron chi connectivity index (χ3n) is 2.89. The van der Waals surface area contributed by atoms with Gasteiger partial charge in [-0.25, -0.2) is 0 Å². The molecular formula is C10H6AlF6NO5S2. The lowest BCUT2D eigenvalue weighted by Crippen LogP contribution is -2.33. The average molecular weight is 425 g/mol. The van der Waals surface area contributed by atoms with Crippen molar-refractivity contribution < 1.29 is 47.4 Å². The molecular weight excluding hydrogens is 419 g/mol. The second-order valence-corrected chi connectivity index (χ2v) is 9.21. The topological polar surface area (TPSA) is 82.4 Å². The number of rotatable bonds is 3. The van der Waals surface area contributed by atoms with E-state index in [0.717, 1.165) is 6.07 Å². The van der Waals surface area contributed by atoms with Crippen LogP contribution in [0.2, 0.25) is 0 Å². The molecule has 0 fully saturated rings. The Kier molecular flexibility index (Phi) is 4.61. The third kappa shape index (κ3) is 3.46. The summed E-state index contributed by atoms with van der Waals surface area (Å²) < 4.78 is 125. The van der Waals surface area contributed by atoms with Crippen LogP contribution in [0, 0.1) is 0 Å². The molecule has 0 bridgehead atoms. The molecule has 0 aliphatic heterocycles. The normalized spacial score (nSPS) is 14.0. The predicted octanol–water partition coefficient (Wildman–Crippen LogP) is 0.826. The highest BCUT2D eigenvalue weighted by molar-refractivity contribution is 7.91. The van der Waals surface area contributed by atoms with E-state index >= 15 is 0 Å². The quantitative estimate of drug-likeness (QED) is 0.315. The second-order valence-electron chi connectivity index (χ2n) is 4.74. The van der Waals surface area contributed by atoms with Crippen LogP contribution in [0.25, 0.3) is 10.9 Å². The summed E-state index contributed by atoms with van der Waals surface area (Å²) >= 11 is 0.396. The fourth-order valence-corrected chi connectivity index (χ4v) is 3.78. The maximum atomic E-state index is 12.8. The molecule has 6 nitrogen and oxygen atoms in total. The van der Waals surface area contributed by atoms with E-state index in [-0.39, 0.29) is 5.39 Å². The third-order valence-corrected chi connectivity index (χ3v) is 5.91. The van der Waals surface area contributed by atoms with Crippen LogP contribution in [-0.4, -0.2) is 48.1 Å². The van der Waals surface area contributed by atoms with Gasteiger partial charge in [0.05, 0.1) is 5.52 Å². The van der Waals surface area contributed by atoms with Crippen molar-refractivity contribution in [1.82, 2.24) is 3.97 Å². The van der Waals surface area contributed by atoms with Crippen LogP contribution in [0.3, 0.4) is 0 Å². The minimum Gasteiger partial charge on any atom is -0.356 e. The molecule has 0 saturated carbocycles. The Bertz CT molecular complexity index is 1040. The van der Waals surface area contributed by atoms with E-state index in [1.165, 1.54) is 12.1 Å². The van der Waals surface area contributed by atoms with Gasteiger partial charge in [0.1, 0.15) is 0 Å². The van der Waals surface area contributed by atoms with Gasteiger partial charge < -0.3 is 4.18 Å². The first-order valence-electron chi connectivity index (χ1n) is 6.02. The van der Waals surface area contributed by atoms with Gasteiger partial charge in [0.25, 0.3) is 16.3 Å². The van der Waals surface area contributed by atoms with Gasteiger partial charge in [-0.3, -0.25) is 0 Å². The number of halogens is 6. The summed E-state index contributed by atoms with van der Waals surface area (Å²) in [6.07, 6.45) is 0. The molecule has 0 aliphatic carbocycles. The number of hydrogen-bond acceptors (Lipinski definition) is 5. The lowest BCUT2D eigenvalue weighted by molar-refractivity contribution is -0.0502. The Morgan fingerprint density at radius 1 is 0.920 bits per heavy atom. The summed E-state index contributed by atoms with van der Waals surface area (Å²) in [5.74, 6) is -1.64. The first-order chi connectivity index (χ1) is 11.1. The SMILES string of the molecule is O=S(=O)(Oc1cc2c[c]([AlH2])ccc2n1S(=O)(=O)C(F)(F)F)C(F)(F)F. The van der Waals surface area contributed by atoms with Gasteiger partial charge in [-0.15, -0.1) is 4.43 Å². The van der Waals surface area contributed by atoms with Crippen LogP contribution in [-0.2, 0) is 20.1 Å². The van der Waals surface area contributed by atoms with E-state index < -0.39 is 46.5 Å². The van der Waals surface area contributed by atoms with Gasteiger partial charge in [-0.05, 0) is 6.07 Å². The van der Waals surface area contributed by atoms with Crippen molar-refractivity contribution in [2.24, 2.45) is 0 Å². The molecule has 0 radical (unpaired) electrons. The molecule has 138 valence electrons. The van der Waals surface area contributed by atoms with Crippen molar-refractivity contribution in [2.45, 2.75) is 11.0 Å². The minimum absolute atomic E-state index is 0.229. The van der Waals surface area contributed by atoms with Crippen LogP contribution in [0.1, 0.15) is 0 Å². The average Bonchev–Trinajstić information content (AvgIpc) is 2.72. The van der Waals surface area contributed by atoms with Crippen molar-refractivity contribution in [3.05, 3.63) is 24.3 Å². The summed E-state index contributed by atoms with van der Waals surface area (Å²) in [6, 6.07) is 3.84. The Morgan fingerprint density at radius 3 is 1.96 bits per heavy atom. The molecule has 1 aromatic heterocycles. The lowest BCUT2D eigenvalue weighted by atomic mass is 10.2. The molecule has 2 rings (SSSR count). The summed E-state index contributed by atoms with van der Waals surface area (Å²) in [5.41, 5.74) is -12.5. The molecule has 0 aliphatic rings. The largest absolute Gasteiger partial charge is 0.534 e. The summed E-state index contributed by atoms with van der Waals surface area (Å²) in [7, 11) is -12.6. The molecule has 25 heavy (non-hydrogen) atoms. The highest BCUT2D eigenvalue weighted by atomic mass is 32.2. The van der Waals surface area contributed by atoms with Gasteiger partial charge >= 0.3 is 31.2 Å². The zero-order valence-corrected chi connectivity index (χ0v) is 15.5. The molecule has 0 saturated heterocycles. The summed E-state index contributed by atoms with van der Waals surface area (Å²) in [4.78, 5) is 0. The molecule has 0 unspecified atom stereocenters. The van der Waals surface area contributed by atoms with Crippen LogP contribution in [0.4, 0.5) is 26.3 Å². The molecule has 2 aromatic rings. The van der Waals surface area contributed by atoms with Gasteiger partial charge in [-0.2, -0.15) is 47.2 Å². The van der Waals surface area contributed by atoms with Crippen LogP contribution in [0.5, 0.6) is 5.88 Å². The monoisotopic (exact) mass is 425 g/mol. The van der Waals surface area contributed by atoms with Crippen molar-refractivity contribution in [1.29, 1.82) is 0 Å². The molecule has 1 aromatic carbocycles. The van der Waals surface area contributed by atoms with E-state index in [2.05, 4.69) is 4.18 Å². The number of nitrogens with zero attached hydrogens (tertiary/aromatic N) is 1. The molecule has 15 heteroatoms. The number of hydrogen-bond donors (Lipinski definition) is 0. The van der Waals surface area contributed by atoms with Crippen molar-refractivity contribution in [2.75, 3.05) is 0 Å². The lowest BCUT2D eigenvalue weighted by Gasteiger charge is -2.14. The maximum Gasteiger partial charge on any atom is 0.534 e. The van der Waals surface area contributed by atoms with E-state index in [4.69, 9.17) is 0 Å². The zero-order valence-electron chi connectivity index (χ0n) is 11.9.